The van der Waals surface area contributed by atoms with Gasteiger partial charge in [0.1, 0.15) is 0 Å². The first-order chi connectivity index (χ1) is 10.6. The van der Waals surface area contributed by atoms with E-state index in [9.17, 15) is 0 Å². The number of hydrogen-bond donors (Lipinski definition) is 0. The highest BCUT2D eigenvalue weighted by Gasteiger charge is 2.23. The number of hydrogen-bond acceptors (Lipinski definition) is 5. The van der Waals surface area contributed by atoms with Gasteiger partial charge in [-0.1, -0.05) is 51.4 Å². The minimum absolute atomic E-state index is 0.637. The van der Waals surface area contributed by atoms with E-state index in [0.29, 0.717) is 11.8 Å². The summed E-state index contributed by atoms with van der Waals surface area (Å²) < 4.78 is 8.86. The maximum absolute atomic E-state index is 5.94. The fourth-order valence-corrected chi connectivity index (χ4v) is 7.77. The summed E-state index contributed by atoms with van der Waals surface area (Å²) in [6.45, 7) is 14.1. The van der Waals surface area contributed by atoms with E-state index in [1.165, 1.54) is 9.00 Å². The van der Waals surface area contributed by atoms with E-state index in [4.69, 9.17) is 4.42 Å². The molecule has 0 fully saturated rings. The van der Waals surface area contributed by atoms with Crippen molar-refractivity contribution in [3.8, 4) is 21.5 Å². The van der Waals surface area contributed by atoms with Crippen molar-refractivity contribution in [3.63, 3.8) is 0 Å². The molecule has 0 saturated carbocycles. The maximum Gasteiger partial charge on any atom is 0.258 e. The molecule has 0 radical (unpaired) electrons. The third-order valence-corrected chi connectivity index (χ3v) is 12.9. The minimum Gasteiger partial charge on any atom is -0.414 e. The number of rotatable bonds is 4. The first-order valence-corrected chi connectivity index (χ1v) is 16.3. The molecule has 3 heterocycles. The predicted octanol–water partition coefficient (Wildman–Crippen LogP) is 4.62. The Bertz CT molecular complexity index is 755. The van der Waals surface area contributed by atoms with E-state index >= 15 is 0 Å². The summed E-state index contributed by atoms with van der Waals surface area (Å²) in [4.78, 5) is 2.14. The van der Waals surface area contributed by atoms with Crippen LogP contribution in [-0.4, -0.2) is 26.3 Å². The van der Waals surface area contributed by atoms with Gasteiger partial charge in [0.05, 0.1) is 25.9 Å². The first kappa shape index (κ1) is 16.8. The van der Waals surface area contributed by atoms with Crippen LogP contribution in [0.15, 0.2) is 28.7 Å². The van der Waals surface area contributed by atoms with Crippen LogP contribution < -0.4 is 9.00 Å². The van der Waals surface area contributed by atoms with Crippen LogP contribution in [0.2, 0.25) is 39.3 Å². The minimum atomic E-state index is -1.28. The van der Waals surface area contributed by atoms with Gasteiger partial charge in [0.2, 0.25) is 0 Å². The molecule has 0 aliphatic heterocycles. The van der Waals surface area contributed by atoms with Crippen LogP contribution in [0.25, 0.3) is 21.5 Å². The molecule has 0 aliphatic rings. The fourth-order valence-electron chi connectivity index (χ4n) is 2.13. The molecule has 0 aromatic carbocycles. The van der Waals surface area contributed by atoms with Crippen LogP contribution in [-0.2, 0) is 0 Å². The number of thiophene rings is 2. The molecule has 0 atom stereocenters. The van der Waals surface area contributed by atoms with Gasteiger partial charge in [0.15, 0.2) is 0 Å². The summed E-state index contributed by atoms with van der Waals surface area (Å²) >= 11 is 3.57. The van der Waals surface area contributed by atoms with Crippen LogP contribution in [0.5, 0.6) is 0 Å². The molecular formula is C16H22N2OS2Si2. The van der Waals surface area contributed by atoms with Crippen LogP contribution >= 0.6 is 22.7 Å². The van der Waals surface area contributed by atoms with Crippen molar-refractivity contribution >= 4 is 47.8 Å². The Morgan fingerprint density at radius 1 is 0.696 bits per heavy atom. The van der Waals surface area contributed by atoms with Crippen molar-refractivity contribution in [2.24, 2.45) is 0 Å². The van der Waals surface area contributed by atoms with Crippen molar-refractivity contribution < 1.29 is 4.42 Å². The standard InChI is InChI=1S/C16H22N2OS2Si2/c1-22(2,3)13-9-7-11(20-13)15-17-18-16(19-15)12-8-10-14(21-12)23(4,5)6/h7-10H,1-6H3. The molecule has 0 bridgehead atoms. The third kappa shape index (κ3) is 3.57. The Morgan fingerprint density at radius 2 is 1.09 bits per heavy atom. The average molecular weight is 379 g/mol. The van der Waals surface area contributed by atoms with Gasteiger partial charge in [-0.2, -0.15) is 0 Å². The number of aromatic nitrogens is 2. The lowest BCUT2D eigenvalue weighted by atomic mass is 10.5. The van der Waals surface area contributed by atoms with E-state index in [2.05, 4.69) is 73.7 Å². The zero-order valence-corrected chi connectivity index (χ0v) is 18.1. The highest BCUT2D eigenvalue weighted by molar-refractivity contribution is 7.29. The van der Waals surface area contributed by atoms with E-state index in [1.54, 1.807) is 22.7 Å². The second kappa shape index (κ2) is 5.80. The van der Waals surface area contributed by atoms with E-state index < -0.39 is 16.1 Å². The summed E-state index contributed by atoms with van der Waals surface area (Å²) in [5, 5.41) is 8.51. The predicted molar refractivity (Wildman–Crippen MR) is 107 cm³/mol. The van der Waals surface area contributed by atoms with Crippen molar-refractivity contribution in [3.05, 3.63) is 24.3 Å². The van der Waals surface area contributed by atoms with Gasteiger partial charge in [-0.3, -0.25) is 0 Å². The lowest BCUT2D eigenvalue weighted by molar-refractivity contribution is 0.587. The average Bonchev–Trinajstić information content (AvgIpc) is 3.17. The Kier molecular flexibility index (Phi) is 4.24. The normalized spacial score (nSPS) is 12.8. The number of nitrogens with zero attached hydrogens (tertiary/aromatic N) is 2. The molecular weight excluding hydrogens is 356 g/mol. The Morgan fingerprint density at radius 3 is 1.39 bits per heavy atom. The van der Waals surface area contributed by atoms with Crippen molar-refractivity contribution in [1.29, 1.82) is 0 Å². The monoisotopic (exact) mass is 378 g/mol. The Labute approximate surface area is 147 Å². The second-order valence-electron chi connectivity index (χ2n) is 7.74. The van der Waals surface area contributed by atoms with Crippen LogP contribution in [0.4, 0.5) is 0 Å². The quantitative estimate of drug-likeness (QED) is 0.622. The van der Waals surface area contributed by atoms with E-state index in [1.807, 2.05) is 0 Å². The second-order valence-corrected chi connectivity index (χ2v) is 20.7. The van der Waals surface area contributed by atoms with Crippen molar-refractivity contribution in [1.82, 2.24) is 10.2 Å². The van der Waals surface area contributed by atoms with Crippen LogP contribution in [0.3, 0.4) is 0 Å². The van der Waals surface area contributed by atoms with Gasteiger partial charge in [-0.25, -0.2) is 0 Å². The molecule has 0 aliphatic carbocycles. The Hall–Kier alpha value is -1.03. The summed E-state index contributed by atoms with van der Waals surface area (Å²) in [5.74, 6) is 1.27. The Balaban J connectivity index is 1.89. The van der Waals surface area contributed by atoms with Gasteiger partial charge in [0, 0.05) is 0 Å². The summed E-state index contributed by atoms with van der Waals surface area (Å²) in [6.07, 6.45) is 0. The molecule has 122 valence electrons. The molecule has 3 aromatic rings. The van der Waals surface area contributed by atoms with Gasteiger partial charge in [0.25, 0.3) is 11.8 Å². The molecule has 0 N–H and O–H groups in total. The van der Waals surface area contributed by atoms with Gasteiger partial charge in [-0.05, 0) is 21.1 Å². The topological polar surface area (TPSA) is 38.9 Å². The van der Waals surface area contributed by atoms with Gasteiger partial charge < -0.3 is 4.42 Å². The largest absolute Gasteiger partial charge is 0.414 e. The highest BCUT2D eigenvalue weighted by atomic mass is 32.1. The summed E-state index contributed by atoms with van der Waals surface area (Å²) in [7, 11) is -2.57. The van der Waals surface area contributed by atoms with E-state index in [-0.39, 0.29) is 0 Å². The maximum atomic E-state index is 5.94. The van der Waals surface area contributed by atoms with Crippen molar-refractivity contribution in [2.45, 2.75) is 39.3 Å². The molecule has 0 amide bonds. The van der Waals surface area contributed by atoms with Crippen LogP contribution in [0, 0.1) is 0 Å². The van der Waals surface area contributed by atoms with Crippen molar-refractivity contribution in [2.75, 3.05) is 0 Å². The smallest absolute Gasteiger partial charge is 0.258 e. The fraction of sp³-hybridized carbons (Fsp3) is 0.375. The molecule has 7 heteroatoms. The van der Waals surface area contributed by atoms with E-state index in [0.717, 1.165) is 9.75 Å². The molecule has 0 unspecified atom stereocenters. The zero-order chi connectivity index (χ0) is 16.8. The third-order valence-electron chi connectivity index (χ3n) is 3.54. The lowest BCUT2D eigenvalue weighted by Crippen LogP contribution is -2.34. The molecule has 3 nitrogen and oxygen atoms in total. The molecule has 0 spiro atoms. The molecule has 0 saturated heterocycles. The van der Waals surface area contributed by atoms with Gasteiger partial charge in [-0.15, -0.1) is 32.9 Å². The van der Waals surface area contributed by atoms with Crippen LogP contribution in [0.1, 0.15) is 0 Å². The molecule has 3 rings (SSSR count). The zero-order valence-electron chi connectivity index (χ0n) is 14.4. The summed E-state index contributed by atoms with van der Waals surface area (Å²) in [6, 6.07) is 8.64. The first-order valence-electron chi connectivity index (χ1n) is 7.69. The lowest BCUT2D eigenvalue weighted by Gasteiger charge is -2.12. The molecule has 23 heavy (non-hydrogen) atoms. The summed E-state index contributed by atoms with van der Waals surface area (Å²) in [5.41, 5.74) is 0. The molecule has 3 aromatic heterocycles. The van der Waals surface area contributed by atoms with Gasteiger partial charge >= 0.3 is 0 Å². The highest BCUT2D eigenvalue weighted by Crippen LogP contribution is 2.29. The SMILES string of the molecule is C[Si](C)(C)c1ccc(-c2nnc(-c3ccc([Si](C)(C)C)s3)o2)s1.